The van der Waals surface area contributed by atoms with Crippen LogP contribution in [-0.4, -0.2) is 40.8 Å². The molecule has 2 N–H and O–H groups in total. The van der Waals surface area contributed by atoms with Crippen molar-refractivity contribution in [3.63, 3.8) is 0 Å². The average Bonchev–Trinajstić information content (AvgIpc) is 2.90. The molecule has 0 spiro atoms. The SMILES string of the molecule is Cc1[nH]c(C(=O)N2CCC(CC(=O)NC3CCCCC3)CC2)c(C)c1C. The highest BCUT2D eigenvalue weighted by molar-refractivity contribution is 5.94. The molecule has 2 fully saturated rings. The summed E-state index contributed by atoms with van der Waals surface area (Å²) in [5.74, 6) is 0.702. The summed E-state index contributed by atoms with van der Waals surface area (Å²) in [7, 11) is 0. The van der Waals surface area contributed by atoms with E-state index in [1.807, 2.05) is 18.7 Å². The lowest BCUT2D eigenvalue weighted by atomic mass is 9.91. The highest BCUT2D eigenvalue weighted by atomic mass is 16.2. The van der Waals surface area contributed by atoms with Gasteiger partial charge in [-0.15, -0.1) is 0 Å². The molecule has 144 valence electrons. The van der Waals surface area contributed by atoms with Gasteiger partial charge in [-0.3, -0.25) is 9.59 Å². The molecule has 1 saturated carbocycles. The van der Waals surface area contributed by atoms with Gasteiger partial charge in [0.15, 0.2) is 0 Å². The molecule has 0 unspecified atom stereocenters. The summed E-state index contributed by atoms with van der Waals surface area (Å²) in [4.78, 5) is 30.3. The van der Waals surface area contributed by atoms with Crippen molar-refractivity contribution in [1.82, 2.24) is 15.2 Å². The molecule has 0 atom stereocenters. The fraction of sp³-hybridized carbons (Fsp3) is 0.714. The molecule has 1 aliphatic heterocycles. The van der Waals surface area contributed by atoms with Gasteiger partial charge in [0.25, 0.3) is 5.91 Å². The Labute approximate surface area is 156 Å². The second-order valence-corrected chi connectivity index (χ2v) is 8.22. The zero-order valence-corrected chi connectivity index (χ0v) is 16.5. The molecule has 0 radical (unpaired) electrons. The zero-order chi connectivity index (χ0) is 18.7. The lowest BCUT2D eigenvalue weighted by Crippen LogP contribution is -2.41. The molecule has 0 bridgehead atoms. The van der Waals surface area contributed by atoms with Crippen LogP contribution in [0.5, 0.6) is 0 Å². The van der Waals surface area contributed by atoms with E-state index in [9.17, 15) is 9.59 Å². The Hall–Kier alpha value is -1.78. The number of hydrogen-bond donors (Lipinski definition) is 2. The van der Waals surface area contributed by atoms with Gasteiger partial charge in [-0.25, -0.2) is 0 Å². The molecule has 2 amide bonds. The number of aromatic nitrogens is 1. The Kier molecular flexibility index (Phi) is 6.05. The first kappa shape index (κ1) is 19.0. The molecule has 1 saturated heterocycles. The van der Waals surface area contributed by atoms with E-state index >= 15 is 0 Å². The lowest BCUT2D eigenvalue weighted by Gasteiger charge is -2.32. The van der Waals surface area contributed by atoms with Gasteiger partial charge in [-0.1, -0.05) is 19.3 Å². The normalized spacial score (nSPS) is 19.6. The molecular formula is C21H33N3O2. The van der Waals surface area contributed by atoms with Crippen LogP contribution in [0.3, 0.4) is 0 Å². The zero-order valence-electron chi connectivity index (χ0n) is 16.5. The quantitative estimate of drug-likeness (QED) is 0.862. The third kappa shape index (κ3) is 4.30. The number of piperidine rings is 1. The molecule has 1 aromatic rings. The van der Waals surface area contributed by atoms with Crippen molar-refractivity contribution < 1.29 is 9.59 Å². The van der Waals surface area contributed by atoms with Crippen LogP contribution in [0.1, 0.15) is 78.7 Å². The molecular weight excluding hydrogens is 326 g/mol. The Morgan fingerprint density at radius 3 is 2.23 bits per heavy atom. The third-order valence-electron chi connectivity index (χ3n) is 6.37. The number of carbonyl (C=O) groups is 2. The van der Waals surface area contributed by atoms with E-state index < -0.39 is 0 Å². The monoisotopic (exact) mass is 359 g/mol. The van der Waals surface area contributed by atoms with Crippen LogP contribution < -0.4 is 5.32 Å². The molecule has 1 aliphatic carbocycles. The molecule has 1 aromatic heterocycles. The van der Waals surface area contributed by atoms with Crippen LogP contribution in [0.4, 0.5) is 0 Å². The van der Waals surface area contributed by atoms with Crippen LogP contribution >= 0.6 is 0 Å². The van der Waals surface area contributed by atoms with E-state index in [-0.39, 0.29) is 11.8 Å². The predicted octanol–water partition coefficient (Wildman–Crippen LogP) is 3.63. The minimum atomic E-state index is 0.101. The molecule has 0 aromatic carbocycles. The summed E-state index contributed by atoms with van der Waals surface area (Å²) in [6, 6.07) is 0.389. The van der Waals surface area contributed by atoms with Crippen LogP contribution in [-0.2, 0) is 4.79 Å². The van der Waals surface area contributed by atoms with Gasteiger partial charge in [-0.05, 0) is 63.5 Å². The average molecular weight is 360 g/mol. The second-order valence-electron chi connectivity index (χ2n) is 8.22. The molecule has 2 aliphatic rings. The highest BCUT2D eigenvalue weighted by Crippen LogP contribution is 2.24. The maximum absolute atomic E-state index is 12.8. The minimum absolute atomic E-state index is 0.101. The van der Waals surface area contributed by atoms with Gasteiger partial charge < -0.3 is 15.2 Å². The Balaban J connectivity index is 1.47. The first-order chi connectivity index (χ1) is 12.5. The fourth-order valence-corrected chi connectivity index (χ4v) is 4.35. The topological polar surface area (TPSA) is 65.2 Å². The van der Waals surface area contributed by atoms with Gasteiger partial charge in [0.1, 0.15) is 5.69 Å². The number of H-pyrrole nitrogens is 1. The fourth-order valence-electron chi connectivity index (χ4n) is 4.35. The number of hydrogen-bond acceptors (Lipinski definition) is 2. The standard InChI is InChI=1S/C21H33N3O2/c1-14-15(2)20(22-16(14)3)21(26)24-11-9-17(10-12-24)13-19(25)23-18-7-5-4-6-8-18/h17-18,22H,4-13H2,1-3H3,(H,23,25). The Morgan fingerprint density at radius 2 is 1.65 bits per heavy atom. The number of likely N-dealkylation sites (tertiary alicyclic amines) is 1. The van der Waals surface area contributed by atoms with Crippen molar-refractivity contribution in [2.45, 2.75) is 78.2 Å². The predicted molar refractivity (Wildman–Crippen MR) is 103 cm³/mol. The number of rotatable bonds is 4. The van der Waals surface area contributed by atoms with Crippen LogP contribution in [0.25, 0.3) is 0 Å². The van der Waals surface area contributed by atoms with Crippen LogP contribution in [0, 0.1) is 26.7 Å². The van der Waals surface area contributed by atoms with E-state index in [4.69, 9.17) is 0 Å². The van der Waals surface area contributed by atoms with Gasteiger partial charge in [0, 0.05) is 31.2 Å². The number of aryl methyl sites for hydroxylation is 1. The number of nitrogens with zero attached hydrogens (tertiary/aromatic N) is 1. The maximum atomic E-state index is 12.8. The van der Waals surface area contributed by atoms with Gasteiger partial charge in [0.05, 0.1) is 0 Å². The van der Waals surface area contributed by atoms with Gasteiger partial charge >= 0.3 is 0 Å². The van der Waals surface area contributed by atoms with Crippen molar-refractivity contribution in [3.05, 3.63) is 22.5 Å². The van der Waals surface area contributed by atoms with E-state index in [0.29, 0.717) is 18.4 Å². The minimum Gasteiger partial charge on any atom is -0.354 e. The number of carbonyl (C=O) groups excluding carboxylic acids is 2. The van der Waals surface area contributed by atoms with Crippen molar-refractivity contribution in [3.8, 4) is 0 Å². The van der Waals surface area contributed by atoms with E-state index in [1.54, 1.807) is 0 Å². The molecule has 2 heterocycles. The van der Waals surface area contributed by atoms with Crippen LogP contribution in [0.15, 0.2) is 0 Å². The molecule has 5 heteroatoms. The van der Waals surface area contributed by atoms with Crippen LogP contribution in [0.2, 0.25) is 0 Å². The first-order valence-electron chi connectivity index (χ1n) is 10.2. The summed E-state index contributed by atoms with van der Waals surface area (Å²) in [5, 5.41) is 3.22. The smallest absolute Gasteiger partial charge is 0.270 e. The number of amides is 2. The summed E-state index contributed by atoms with van der Waals surface area (Å²) < 4.78 is 0. The Morgan fingerprint density at radius 1 is 1.00 bits per heavy atom. The number of nitrogens with one attached hydrogen (secondary N) is 2. The summed E-state index contributed by atoms with van der Waals surface area (Å²) >= 11 is 0. The van der Waals surface area contributed by atoms with Gasteiger partial charge in [0.2, 0.25) is 5.91 Å². The summed E-state index contributed by atoms with van der Waals surface area (Å²) in [5.41, 5.74) is 4.03. The van der Waals surface area contributed by atoms with Crippen molar-refractivity contribution in [2.24, 2.45) is 5.92 Å². The third-order valence-corrected chi connectivity index (χ3v) is 6.37. The highest BCUT2D eigenvalue weighted by Gasteiger charge is 2.27. The van der Waals surface area contributed by atoms with Crippen molar-refractivity contribution in [1.29, 1.82) is 0 Å². The summed E-state index contributed by atoms with van der Waals surface area (Å²) in [6.07, 6.45) is 8.49. The maximum Gasteiger partial charge on any atom is 0.270 e. The van der Waals surface area contributed by atoms with E-state index in [0.717, 1.165) is 55.7 Å². The molecule has 5 nitrogen and oxygen atoms in total. The largest absolute Gasteiger partial charge is 0.354 e. The van der Waals surface area contributed by atoms with Crippen molar-refractivity contribution in [2.75, 3.05) is 13.1 Å². The van der Waals surface area contributed by atoms with E-state index in [1.165, 1.54) is 24.8 Å². The van der Waals surface area contributed by atoms with E-state index in [2.05, 4.69) is 17.2 Å². The first-order valence-corrected chi connectivity index (χ1v) is 10.2. The molecule has 26 heavy (non-hydrogen) atoms. The Bertz CT molecular complexity index is 650. The van der Waals surface area contributed by atoms with Crippen molar-refractivity contribution >= 4 is 11.8 Å². The summed E-state index contributed by atoms with van der Waals surface area (Å²) in [6.45, 7) is 7.56. The second kappa shape index (κ2) is 8.28. The van der Waals surface area contributed by atoms with Gasteiger partial charge in [-0.2, -0.15) is 0 Å². The lowest BCUT2D eigenvalue weighted by molar-refractivity contribution is -0.123. The molecule has 3 rings (SSSR count). The number of aromatic amines is 1.